The molecule has 0 bridgehead atoms. The van der Waals surface area contributed by atoms with Gasteiger partial charge in [-0.25, -0.2) is 0 Å². The first-order valence-corrected chi connectivity index (χ1v) is 8.06. The number of ether oxygens (including phenoxy) is 1. The molecule has 124 valence electrons. The zero-order valence-corrected chi connectivity index (χ0v) is 13.2. The van der Waals surface area contributed by atoms with Crippen LogP contribution in [0.2, 0.25) is 0 Å². The van der Waals surface area contributed by atoms with E-state index in [0.717, 1.165) is 30.8 Å². The van der Waals surface area contributed by atoms with E-state index >= 15 is 0 Å². The summed E-state index contributed by atoms with van der Waals surface area (Å²) in [5.74, 6) is 0.458. The van der Waals surface area contributed by atoms with Gasteiger partial charge in [-0.1, -0.05) is 30.3 Å². The number of hydrogen-bond acceptors (Lipinski definition) is 6. The number of aromatic nitrogens is 1. The van der Waals surface area contributed by atoms with Crippen molar-refractivity contribution in [3.05, 3.63) is 59.9 Å². The number of hydrogen-bond donors (Lipinski definition) is 2. The van der Waals surface area contributed by atoms with Gasteiger partial charge in [0.1, 0.15) is 19.0 Å². The molecule has 0 aliphatic carbocycles. The van der Waals surface area contributed by atoms with Crippen LogP contribution in [0.3, 0.4) is 0 Å². The summed E-state index contributed by atoms with van der Waals surface area (Å²) in [7, 11) is 0. The minimum Gasteiger partial charge on any atom is -0.472 e. The van der Waals surface area contributed by atoms with E-state index in [1.807, 2.05) is 6.08 Å². The van der Waals surface area contributed by atoms with Crippen LogP contribution in [-0.4, -0.2) is 31.0 Å². The molecule has 1 aromatic carbocycles. The van der Waals surface area contributed by atoms with E-state index in [2.05, 4.69) is 46.3 Å². The average Bonchev–Trinajstić information content (AvgIpc) is 3.33. The lowest BCUT2D eigenvalue weighted by atomic mass is 9.98. The topological polar surface area (TPSA) is 68.6 Å². The Hall–Kier alpha value is -2.57. The van der Waals surface area contributed by atoms with Gasteiger partial charge in [0.05, 0.1) is 5.70 Å². The predicted octanol–water partition coefficient (Wildman–Crippen LogP) is 2.37. The molecule has 24 heavy (non-hydrogen) atoms. The molecule has 0 radical (unpaired) electrons. The second kappa shape index (κ2) is 6.90. The van der Waals surface area contributed by atoms with Crippen molar-refractivity contribution < 1.29 is 14.1 Å². The summed E-state index contributed by atoms with van der Waals surface area (Å²) in [5.41, 5.74) is 7.70. The maximum atomic E-state index is 5.52. The van der Waals surface area contributed by atoms with Crippen LogP contribution in [0.15, 0.2) is 53.3 Å². The van der Waals surface area contributed by atoms with Crippen molar-refractivity contribution in [2.75, 3.05) is 19.7 Å². The summed E-state index contributed by atoms with van der Waals surface area (Å²) in [6, 6.07) is 10.2. The molecule has 1 unspecified atom stereocenters. The summed E-state index contributed by atoms with van der Waals surface area (Å²) < 4.78 is 10.2. The third-order valence-corrected chi connectivity index (χ3v) is 4.11. The molecular weight excluding hydrogens is 306 g/mol. The highest BCUT2D eigenvalue weighted by Crippen LogP contribution is 2.24. The second-order valence-corrected chi connectivity index (χ2v) is 5.75. The Morgan fingerprint density at radius 3 is 2.79 bits per heavy atom. The highest BCUT2D eigenvalue weighted by Gasteiger charge is 2.19. The van der Waals surface area contributed by atoms with Gasteiger partial charge in [0.2, 0.25) is 0 Å². The monoisotopic (exact) mass is 325 g/mol. The molecule has 0 spiro atoms. The van der Waals surface area contributed by atoms with E-state index in [-0.39, 0.29) is 6.10 Å². The number of nitrogens with one attached hydrogen (secondary N) is 2. The minimum atomic E-state index is -0.163. The molecule has 4 rings (SSSR count). The molecule has 0 saturated carbocycles. The van der Waals surface area contributed by atoms with Crippen LogP contribution in [0.4, 0.5) is 0 Å². The van der Waals surface area contributed by atoms with Gasteiger partial charge in [0.25, 0.3) is 5.88 Å². The van der Waals surface area contributed by atoms with E-state index in [1.165, 1.54) is 17.4 Å². The molecule has 6 heteroatoms. The Bertz CT molecular complexity index is 735. The number of rotatable bonds is 5. The molecule has 2 aromatic rings. The van der Waals surface area contributed by atoms with E-state index in [0.29, 0.717) is 12.5 Å². The largest absolute Gasteiger partial charge is 0.472 e. The normalized spacial score (nSPS) is 20.2. The molecule has 1 aromatic heterocycles. The smallest absolute Gasteiger partial charge is 0.254 e. The van der Waals surface area contributed by atoms with Crippen LogP contribution in [0, 0.1) is 0 Å². The van der Waals surface area contributed by atoms with Crippen LogP contribution in [-0.2, 0) is 4.84 Å². The van der Waals surface area contributed by atoms with E-state index < -0.39 is 0 Å². The third-order valence-electron chi connectivity index (χ3n) is 4.11. The second-order valence-electron chi connectivity index (χ2n) is 5.75. The van der Waals surface area contributed by atoms with Gasteiger partial charge in [-0.05, 0) is 40.9 Å². The van der Waals surface area contributed by atoms with Crippen LogP contribution >= 0.6 is 0 Å². The van der Waals surface area contributed by atoms with Crippen LogP contribution in [0.1, 0.15) is 17.5 Å². The SMILES string of the molecule is C1=C(c2ccc(C3=CC(COc4ccon4)ON3)cc2)CCNC1. The molecule has 0 amide bonds. The van der Waals surface area contributed by atoms with Crippen molar-refractivity contribution >= 4 is 11.3 Å². The zero-order valence-electron chi connectivity index (χ0n) is 13.2. The fraction of sp³-hybridized carbons (Fsp3) is 0.278. The van der Waals surface area contributed by atoms with Gasteiger partial charge in [-0.3, -0.25) is 10.3 Å². The summed E-state index contributed by atoms with van der Waals surface area (Å²) in [4.78, 5) is 5.52. The molecule has 2 aliphatic rings. The first-order chi connectivity index (χ1) is 11.9. The Balaban J connectivity index is 1.40. The summed E-state index contributed by atoms with van der Waals surface area (Å²) in [6.07, 6.45) is 6.66. The highest BCUT2D eigenvalue weighted by atomic mass is 16.7. The van der Waals surface area contributed by atoms with Crippen molar-refractivity contribution in [1.82, 2.24) is 16.0 Å². The number of benzene rings is 1. The Labute approximate surface area is 140 Å². The Morgan fingerprint density at radius 2 is 2.04 bits per heavy atom. The van der Waals surface area contributed by atoms with Gasteiger partial charge in [0, 0.05) is 12.6 Å². The molecule has 6 nitrogen and oxygen atoms in total. The molecule has 2 aliphatic heterocycles. The summed E-state index contributed by atoms with van der Waals surface area (Å²) in [5, 5.41) is 7.04. The van der Waals surface area contributed by atoms with Gasteiger partial charge >= 0.3 is 0 Å². The minimum absolute atomic E-state index is 0.163. The Kier molecular flexibility index (Phi) is 4.31. The standard InChI is InChI=1S/C18H19N3O3/c1-3-15(4-2-13(1)14-5-8-19-9-6-14)17-11-16(24-20-17)12-22-18-7-10-23-21-18/h1-5,7,10-11,16,19-20H,6,8-9,12H2. The van der Waals surface area contributed by atoms with Gasteiger partial charge in [-0.15, -0.1) is 0 Å². The van der Waals surface area contributed by atoms with E-state index in [4.69, 9.17) is 14.1 Å². The highest BCUT2D eigenvalue weighted by molar-refractivity contribution is 5.70. The van der Waals surface area contributed by atoms with Gasteiger partial charge in [0.15, 0.2) is 0 Å². The van der Waals surface area contributed by atoms with Crippen LogP contribution < -0.4 is 15.5 Å². The third kappa shape index (κ3) is 3.34. The maximum Gasteiger partial charge on any atom is 0.254 e. The summed E-state index contributed by atoms with van der Waals surface area (Å²) >= 11 is 0. The van der Waals surface area contributed by atoms with Gasteiger partial charge in [-0.2, -0.15) is 0 Å². The molecule has 3 heterocycles. The van der Waals surface area contributed by atoms with Crippen LogP contribution in [0.25, 0.3) is 11.3 Å². The quantitative estimate of drug-likeness (QED) is 0.880. The summed E-state index contributed by atoms with van der Waals surface area (Å²) in [6.45, 7) is 2.37. The lowest BCUT2D eigenvalue weighted by Gasteiger charge is -2.14. The van der Waals surface area contributed by atoms with Crippen molar-refractivity contribution in [2.24, 2.45) is 0 Å². The van der Waals surface area contributed by atoms with Gasteiger partial charge < -0.3 is 14.6 Å². The molecule has 1 atom stereocenters. The molecular formula is C18H19N3O3. The van der Waals surface area contributed by atoms with Crippen molar-refractivity contribution in [3.8, 4) is 5.88 Å². The number of hydroxylamine groups is 1. The van der Waals surface area contributed by atoms with Crippen molar-refractivity contribution in [2.45, 2.75) is 12.5 Å². The van der Waals surface area contributed by atoms with Crippen molar-refractivity contribution in [3.63, 3.8) is 0 Å². The fourth-order valence-corrected chi connectivity index (χ4v) is 2.82. The van der Waals surface area contributed by atoms with E-state index in [1.54, 1.807) is 6.07 Å². The first-order valence-electron chi connectivity index (χ1n) is 8.06. The molecule has 0 fully saturated rings. The Morgan fingerprint density at radius 1 is 1.17 bits per heavy atom. The number of nitrogens with zero attached hydrogens (tertiary/aromatic N) is 1. The lowest BCUT2D eigenvalue weighted by Crippen LogP contribution is -2.20. The fourth-order valence-electron chi connectivity index (χ4n) is 2.82. The first kappa shape index (κ1) is 15.0. The zero-order chi connectivity index (χ0) is 16.2. The lowest BCUT2D eigenvalue weighted by molar-refractivity contribution is 0.0219. The maximum absolute atomic E-state index is 5.52. The predicted molar refractivity (Wildman–Crippen MR) is 89.9 cm³/mol. The van der Waals surface area contributed by atoms with E-state index in [9.17, 15) is 0 Å². The average molecular weight is 325 g/mol. The molecule has 0 saturated heterocycles. The van der Waals surface area contributed by atoms with Crippen molar-refractivity contribution in [1.29, 1.82) is 0 Å². The van der Waals surface area contributed by atoms with Crippen LogP contribution in [0.5, 0.6) is 5.88 Å². The molecule has 2 N–H and O–H groups in total.